The van der Waals surface area contributed by atoms with E-state index in [1.807, 2.05) is 18.2 Å². The van der Waals surface area contributed by atoms with E-state index in [0.717, 1.165) is 43.8 Å². The van der Waals surface area contributed by atoms with Crippen molar-refractivity contribution in [3.63, 3.8) is 0 Å². The van der Waals surface area contributed by atoms with Crippen molar-refractivity contribution in [2.75, 3.05) is 24.5 Å². The molecule has 1 aliphatic rings. The van der Waals surface area contributed by atoms with Gasteiger partial charge >= 0.3 is 6.18 Å². The number of piperazine rings is 1. The molecule has 36 heavy (non-hydrogen) atoms. The number of hydrogen-bond donors (Lipinski definition) is 1. The molecule has 4 aromatic rings. The Morgan fingerprint density at radius 1 is 0.944 bits per heavy atom. The van der Waals surface area contributed by atoms with Crippen molar-refractivity contribution in [3.8, 4) is 22.4 Å². The minimum Gasteiger partial charge on any atom is -0.338 e. The van der Waals surface area contributed by atoms with Crippen LogP contribution in [-0.2, 0) is 12.6 Å². The first-order valence-corrected chi connectivity index (χ1v) is 11.4. The molecule has 5 nitrogen and oxygen atoms in total. The predicted octanol–water partition coefficient (Wildman–Crippen LogP) is 5.67. The molecule has 1 aliphatic heterocycles. The second kappa shape index (κ2) is 11.1. The largest absolute Gasteiger partial charge is 0.416 e. The molecule has 5 rings (SSSR count). The van der Waals surface area contributed by atoms with Crippen molar-refractivity contribution >= 4 is 18.4 Å². The zero-order chi connectivity index (χ0) is 24.3. The molecule has 0 saturated carbocycles. The highest BCUT2D eigenvalue weighted by Crippen LogP contribution is 2.35. The van der Waals surface area contributed by atoms with Gasteiger partial charge in [-0.1, -0.05) is 42.5 Å². The van der Waals surface area contributed by atoms with Gasteiger partial charge in [0.1, 0.15) is 0 Å². The molecule has 2 aromatic heterocycles. The minimum absolute atomic E-state index is 0. The minimum atomic E-state index is -4.43. The summed E-state index contributed by atoms with van der Waals surface area (Å²) in [5.41, 5.74) is 2.86. The summed E-state index contributed by atoms with van der Waals surface area (Å²) >= 11 is 0. The molecular formula is C27H25ClF3N5. The summed E-state index contributed by atoms with van der Waals surface area (Å²) in [6.07, 6.45) is 1.38. The molecule has 2 aromatic carbocycles. The van der Waals surface area contributed by atoms with E-state index in [1.165, 1.54) is 11.6 Å². The average molecular weight is 512 g/mol. The Balaban J connectivity index is 0.00000304. The summed E-state index contributed by atoms with van der Waals surface area (Å²) in [4.78, 5) is 15.6. The van der Waals surface area contributed by atoms with Crippen LogP contribution in [0.4, 0.5) is 19.1 Å². The lowest BCUT2D eigenvalue weighted by Gasteiger charge is -2.34. The van der Waals surface area contributed by atoms with Gasteiger partial charge < -0.3 is 10.2 Å². The van der Waals surface area contributed by atoms with Crippen molar-refractivity contribution in [2.45, 2.75) is 18.6 Å². The molecule has 3 heterocycles. The Bertz CT molecular complexity index is 1290. The van der Waals surface area contributed by atoms with Crippen molar-refractivity contribution in [1.82, 2.24) is 20.3 Å². The summed E-state index contributed by atoms with van der Waals surface area (Å²) in [6, 6.07) is 19.4. The molecule has 1 atom stereocenters. The zero-order valence-electron chi connectivity index (χ0n) is 19.3. The third-order valence-electron chi connectivity index (χ3n) is 6.09. The van der Waals surface area contributed by atoms with E-state index in [-0.39, 0.29) is 18.4 Å². The maximum absolute atomic E-state index is 13.4. The number of aromatic nitrogens is 3. The number of nitrogens with one attached hydrogen (secondary N) is 1. The van der Waals surface area contributed by atoms with Gasteiger partial charge in [0, 0.05) is 55.4 Å². The van der Waals surface area contributed by atoms with E-state index in [1.54, 1.807) is 36.8 Å². The molecule has 0 amide bonds. The van der Waals surface area contributed by atoms with E-state index in [4.69, 9.17) is 4.98 Å². The summed E-state index contributed by atoms with van der Waals surface area (Å²) in [6.45, 7) is 2.26. The molecule has 1 N–H and O–H groups in total. The van der Waals surface area contributed by atoms with Crippen LogP contribution in [0.25, 0.3) is 22.4 Å². The highest BCUT2D eigenvalue weighted by molar-refractivity contribution is 5.85. The Hall–Kier alpha value is -3.49. The number of rotatable bonds is 5. The fourth-order valence-corrected chi connectivity index (χ4v) is 4.37. The lowest BCUT2D eigenvalue weighted by molar-refractivity contribution is -0.137. The first kappa shape index (κ1) is 25.6. The van der Waals surface area contributed by atoms with Crippen LogP contribution in [0, 0.1) is 0 Å². The molecule has 186 valence electrons. The standard InChI is InChI=1S/C27H24F3N5.ClH/c28-27(29,30)22-8-4-7-21(16-22)24-17-33-26(34-25(24)20-9-11-31-12-10-20)35-14-13-32-23(18-35)15-19-5-2-1-3-6-19;/h1-12,16-17,23,32H,13-15,18H2;1H. The number of nitrogens with zero attached hydrogens (tertiary/aromatic N) is 4. The summed E-state index contributed by atoms with van der Waals surface area (Å²) in [7, 11) is 0. The number of alkyl halides is 3. The van der Waals surface area contributed by atoms with E-state index in [2.05, 4.69) is 32.3 Å². The molecule has 0 spiro atoms. The first-order chi connectivity index (χ1) is 17.0. The van der Waals surface area contributed by atoms with Gasteiger partial charge in [0.05, 0.1) is 11.3 Å². The molecule has 1 fully saturated rings. The molecular weight excluding hydrogens is 487 g/mol. The number of halogens is 4. The molecule has 9 heteroatoms. The monoisotopic (exact) mass is 511 g/mol. The SMILES string of the molecule is Cl.FC(F)(F)c1cccc(-c2cnc(N3CCNC(Cc4ccccc4)C3)nc2-c2ccncc2)c1. The van der Waals surface area contributed by atoms with Crippen molar-refractivity contribution in [1.29, 1.82) is 0 Å². The zero-order valence-corrected chi connectivity index (χ0v) is 20.1. The summed E-state index contributed by atoms with van der Waals surface area (Å²) < 4.78 is 40.1. The van der Waals surface area contributed by atoms with Crippen LogP contribution in [0.15, 0.2) is 85.3 Å². The van der Waals surface area contributed by atoms with Gasteiger partial charge in [0.15, 0.2) is 0 Å². The lowest BCUT2D eigenvalue weighted by atomic mass is 9.99. The van der Waals surface area contributed by atoms with Crippen LogP contribution in [-0.4, -0.2) is 40.6 Å². The smallest absolute Gasteiger partial charge is 0.338 e. The van der Waals surface area contributed by atoms with Crippen LogP contribution >= 0.6 is 12.4 Å². The highest BCUT2D eigenvalue weighted by Gasteiger charge is 2.31. The maximum atomic E-state index is 13.4. The van der Waals surface area contributed by atoms with Gasteiger partial charge in [0.2, 0.25) is 5.95 Å². The third kappa shape index (κ3) is 5.83. The van der Waals surface area contributed by atoms with Gasteiger partial charge in [-0.25, -0.2) is 9.97 Å². The number of pyridine rings is 1. The number of benzene rings is 2. The number of anilines is 1. The maximum Gasteiger partial charge on any atom is 0.416 e. The topological polar surface area (TPSA) is 53.9 Å². The van der Waals surface area contributed by atoms with Gasteiger partial charge in [-0.05, 0) is 41.8 Å². The first-order valence-electron chi connectivity index (χ1n) is 11.4. The van der Waals surface area contributed by atoms with E-state index in [9.17, 15) is 13.2 Å². The average Bonchev–Trinajstić information content (AvgIpc) is 2.89. The van der Waals surface area contributed by atoms with Gasteiger partial charge in [-0.3, -0.25) is 4.98 Å². The Morgan fingerprint density at radius 2 is 1.72 bits per heavy atom. The normalized spacial score (nSPS) is 15.9. The fourth-order valence-electron chi connectivity index (χ4n) is 4.37. The molecule has 0 bridgehead atoms. The van der Waals surface area contributed by atoms with Crippen LogP contribution in [0.1, 0.15) is 11.1 Å². The number of hydrogen-bond acceptors (Lipinski definition) is 5. The quantitative estimate of drug-likeness (QED) is 0.374. The molecule has 1 unspecified atom stereocenters. The second-order valence-electron chi connectivity index (χ2n) is 8.53. The third-order valence-corrected chi connectivity index (χ3v) is 6.09. The molecule has 0 radical (unpaired) electrons. The van der Waals surface area contributed by atoms with E-state index < -0.39 is 11.7 Å². The van der Waals surface area contributed by atoms with E-state index >= 15 is 0 Å². The van der Waals surface area contributed by atoms with Crippen LogP contribution in [0.2, 0.25) is 0 Å². The van der Waals surface area contributed by atoms with Crippen LogP contribution < -0.4 is 10.2 Å². The van der Waals surface area contributed by atoms with Crippen LogP contribution in [0.3, 0.4) is 0 Å². The molecule has 0 aliphatic carbocycles. The van der Waals surface area contributed by atoms with Crippen molar-refractivity contribution in [2.24, 2.45) is 0 Å². The summed E-state index contributed by atoms with van der Waals surface area (Å²) in [5.74, 6) is 0.562. The Labute approximate surface area is 213 Å². The van der Waals surface area contributed by atoms with Crippen molar-refractivity contribution < 1.29 is 13.2 Å². The Morgan fingerprint density at radius 3 is 2.47 bits per heavy atom. The van der Waals surface area contributed by atoms with E-state index in [0.29, 0.717) is 22.8 Å². The van der Waals surface area contributed by atoms with Crippen LogP contribution in [0.5, 0.6) is 0 Å². The summed E-state index contributed by atoms with van der Waals surface area (Å²) in [5, 5.41) is 3.56. The highest BCUT2D eigenvalue weighted by atomic mass is 35.5. The lowest BCUT2D eigenvalue weighted by Crippen LogP contribution is -2.52. The second-order valence-corrected chi connectivity index (χ2v) is 8.53. The van der Waals surface area contributed by atoms with Gasteiger partial charge in [-0.15, -0.1) is 12.4 Å². The van der Waals surface area contributed by atoms with Crippen molar-refractivity contribution in [3.05, 3.63) is 96.4 Å². The Kier molecular flexibility index (Phi) is 7.86. The van der Waals surface area contributed by atoms with Gasteiger partial charge in [-0.2, -0.15) is 13.2 Å². The fraction of sp³-hybridized carbons (Fsp3) is 0.222. The van der Waals surface area contributed by atoms with Gasteiger partial charge in [0.25, 0.3) is 0 Å². The predicted molar refractivity (Wildman–Crippen MR) is 137 cm³/mol. The molecule has 1 saturated heterocycles.